The molecule has 0 atom stereocenters. The smallest absolute Gasteiger partial charge is 0.193 e. The number of aliphatic imine (C=N–C) groups is 1. The van der Waals surface area contributed by atoms with E-state index in [2.05, 4.69) is 21.4 Å². The fourth-order valence-electron chi connectivity index (χ4n) is 3.15. The monoisotopic (exact) mass is 548 g/mol. The first-order chi connectivity index (χ1) is 14.7. The molecule has 0 aliphatic carbocycles. The van der Waals surface area contributed by atoms with Crippen LogP contribution in [-0.2, 0) is 6.54 Å². The van der Waals surface area contributed by atoms with Crippen LogP contribution < -0.4 is 20.5 Å². The second kappa shape index (κ2) is 9.56. The molecule has 0 bridgehead atoms. The van der Waals surface area contributed by atoms with Gasteiger partial charge in [0.1, 0.15) is 12.3 Å². The number of nitrogens with zero attached hydrogens (tertiary/aromatic N) is 2. The number of anilines is 1. The minimum Gasteiger partial charge on any atom is -0.490 e. The van der Waals surface area contributed by atoms with Crippen molar-refractivity contribution >= 4 is 57.2 Å². The molecule has 2 aromatic carbocycles. The zero-order valence-corrected chi connectivity index (χ0v) is 19.7. The number of ether oxygens (including phenoxy) is 2. The molecular formula is C22H21IN4O3S. The maximum absolute atomic E-state index is 6.04. The first kappa shape index (κ1) is 21.4. The van der Waals surface area contributed by atoms with Crippen molar-refractivity contribution < 1.29 is 13.9 Å². The molecule has 0 saturated heterocycles. The zero-order valence-electron chi connectivity index (χ0n) is 16.5. The van der Waals surface area contributed by atoms with Crippen molar-refractivity contribution in [3.63, 3.8) is 0 Å². The van der Waals surface area contributed by atoms with Gasteiger partial charge in [-0.1, -0.05) is 12.1 Å². The van der Waals surface area contributed by atoms with Gasteiger partial charge in [-0.2, -0.15) is 0 Å². The summed E-state index contributed by atoms with van der Waals surface area (Å²) in [6, 6.07) is 17.5. The van der Waals surface area contributed by atoms with Gasteiger partial charge in [0.25, 0.3) is 0 Å². The van der Waals surface area contributed by atoms with Crippen molar-refractivity contribution in [1.29, 1.82) is 0 Å². The number of benzene rings is 2. The van der Waals surface area contributed by atoms with E-state index in [9.17, 15) is 0 Å². The lowest BCUT2D eigenvalue weighted by Gasteiger charge is -2.10. The number of furan rings is 1. The van der Waals surface area contributed by atoms with Gasteiger partial charge in [0.2, 0.25) is 0 Å². The van der Waals surface area contributed by atoms with Crippen LogP contribution in [0.3, 0.4) is 0 Å². The van der Waals surface area contributed by atoms with Crippen molar-refractivity contribution in [3.05, 3.63) is 60.4 Å². The zero-order chi connectivity index (χ0) is 20.3. The maximum atomic E-state index is 6.04. The summed E-state index contributed by atoms with van der Waals surface area (Å²) in [5.41, 5.74) is 7.80. The molecule has 9 heteroatoms. The first-order valence-electron chi connectivity index (χ1n) is 9.66. The molecule has 7 nitrogen and oxygen atoms in total. The third-order valence-corrected chi connectivity index (χ3v) is 5.64. The predicted molar refractivity (Wildman–Crippen MR) is 134 cm³/mol. The SMILES string of the molecule is I.NC(=NCc1ccc(-c2nc3ccccc3s2)o1)Nc1ccc2c(c1)OCCCO2. The van der Waals surface area contributed by atoms with Crippen LogP contribution >= 0.6 is 35.3 Å². The lowest BCUT2D eigenvalue weighted by atomic mass is 10.3. The number of fused-ring (bicyclic) bond motifs is 2. The molecule has 4 aromatic rings. The number of halogens is 1. The molecule has 1 aliphatic heterocycles. The Morgan fingerprint density at radius 3 is 2.77 bits per heavy atom. The molecular weight excluding hydrogens is 527 g/mol. The third-order valence-electron chi connectivity index (χ3n) is 4.59. The van der Waals surface area contributed by atoms with Crippen LogP contribution in [-0.4, -0.2) is 24.2 Å². The Morgan fingerprint density at radius 2 is 1.90 bits per heavy atom. The fourth-order valence-corrected chi connectivity index (χ4v) is 4.07. The number of thiazole rings is 1. The van der Waals surface area contributed by atoms with E-state index >= 15 is 0 Å². The molecule has 0 amide bonds. The summed E-state index contributed by atoms with van der Waals surface area (Å²) >= 11 is 1.60. The molecule has 3 heterocycles. The van der Waals surface area contributed by atoms with Gasteiger partial charge in [0.05, 0.1) is 23.4 Å². The highest BCUT2D eigenvalue weighted by molar-refractivity contribution is 14.0. The molecule has 0 saturated carbocycles. The predicted octanol–water partition coefficient (Wildman–Crippen LogP) is 5.26. The Labute approximate surface area is 200 Å². The molecule has 2 aromatic heterocycles. The summed E-state index contributed by atoms with van der Waals surface area (Å²) in [6.07, 6.45) is 0.864. The molecule has 3 N–H and O–H groups in total. The van der Waals surface area contributed by atoms with E-state index in [4.69, 9.17) is 19.6 Å². The quantitative estimate of drug-likeness (QED) is 0.205. The number of hydrogen-bond donors (Lipinski definition) is 2. The maximum Gasteiger partial charge on any atom is 0.193 e. The van der Waals surface area contributed by atoms with Crippen LogP contribution in [0.25, 0.3) is 21.0 Å². The Hall–Kier alpha value is -2.79. The summed E-state index contributed by atoms with van der Waals surface area (Å²) in [7, 11) is 0. The van der Waals surface area contributed by atoms with Crippen LogP contribution in [0.2, 0.25) is 0 Å². The molecule has 5 rings (SSSR count). The van der Waals surface area contributed by atoms with Gasteiger partial charge in [0.15, 0.2) is 28.2 Å². The van der Waals surface area contributed by atoms with E-state index in [1.807, 2.05) is 48.5 Å². The van der Waals surface area contributed by atoms with Crippen molar-refractivity contribution in [2.45, 2.75) is 13.0 Å². The number of hydrogen-bond acceptors (Lipinski definition) is 6. The van der Waals surface area contributed by atoms with Gasteiger partial charge in [-0.15, -0.1) is 35.3 Å². The Morgan fingerprint density at radius 1 is 1.06 bits per heavy atom. The fraction of sp³-hybridized carbons (Fsp3) is 0.182. The van der Waals surface area contributed by atoms with Gasteiger partial charge in [-0.05, 0) is 36.4 Å². The highest BCUT2D eigenvalue weighted by Gasteiger charge is 2.12. The molecule has 0 unspecified atom stereocenters. The van der Waals surface area contributed by atoms with Crippen molar-refractivity contribution in [2.75, 3.05) is 18.5 Å². The Kier molecular flexibility index (Phi) is 6.62. The first-order valence-corrected chi connectivity index (χ1v) is 10.5. The van der Waals surface area contributed by atoms with Gasteiger partial charge in [-0.3, -0.25) is 0 Å². The molecule has 1 aliphatic rings. The average molecular weight is 548 g/mol. The summed E-state index contributed by atoms with van der Waals surface area (Å²) in [5, 5.41) is 3.93. The molecule has 160 valence electrons. The van der Waals surface area contributed by atoms with Gasteiger partial charge in [0, 0.05) is 18.2 Å². The van der Waals surface area contributed by atoms with Crippen molar-refractivity contribution in [2.24, 2.45) is 10.7 Å². The lowest BCUT2D eigenvalue weighted by molar-refractivity contribution is 0.297. The van der Waals surface area contributed by atoms with Crippen LogP contribution in [0, 0.1) is 0 Å². The van der Waals surface area contributed by atoms with Crippen LogP contribution in [0.1, 0.15) is 12.2 Å². The molecule has 0 spiro atoms. The molecule has 0 fully saturated rings. The van der Waals surface area contributed by atoms with E-state index in [1.165, 1.54) is 0 Å². The Balaban J connectivity index is 0.00000231. The highest BCUT2D eigenvalue weighted by Crippen LogP contribution is 2.33. The lowest BCUT2D eigenvalue weighted by Crippen LogP contribution is -2.22. The Bertz CT molecular complexity index is 1190. The summed E-state index contributed by atoms with van der Waals surface area (Å²) in [6.45, 7) is 1.62. The second-order valence-electron chi connectivity index (χ2n) is 6.79. The van der Waals surface area contributed by atoms with Crippen molar-refractivity contribution in [3.8, 4) is 22.3 Å². The van der Waals surface area contributed by atoms with Crippen LogP contribution in [0.15, 0.2) is 64.0 Å². The normalized spacial score (nSPS) is 13.5. The number of guanidine groups is 1. The van der Waals surface area contributed by atoms with E-state index in [0.29, 0.717) is 37.2 Å². The van der Waals surface area contributed by atoms with E-state index in [-0.39, 0.29) is 24.0 Å². The van der Waals surface area contributed by atoms with Gasteiger partial charge in [-0.25, -0.2) is 9.98 Å². The van der Waals surface area contributed by atoms with Gasteiger partial charge < -0.3 is 24.9 Å². The summed E-state index contributed by atoms with van der Waals surface area (Å²) in [5.74, 6) is 3.19. The third kappa shape index (κ3) is 4.93. The number of nitrogens with two attached hydrogens (primary N) is 1. The van der Waals surface area contributed by atoms with E-state index in [1.54, 1.807) is 11.3 Å². The van der Waals surface area contributed by atoms with Crippen LogP contribution in [0.5, 0.6) is 11.5 Å². The van der Waals surface area contributed by atoms with E-state index in [0.717, 1.165) is 38.8 Å². The second-order valence-corrected chi connectivity index (χ2v) is 7.82. The number of rotatable bonds is 4. The number of aromatic nitrogens is 1. The van der Waals surface area contributed by atoms with Gasteiger partial charge >= 0.3 is 0 Å². The number of nitrogens with one attached hydrogen (secondary N) is 1. The van der Waals surface area contributed by atoms with Crippen LogP contribution in [0.4, 0.5) is 5.69 Å². The summed E-state index contributed by atoms with van der Waals surface area (Å²) < 4.78 is 18.4. The number of para-hydroxylation sites is 1. The largest absolute Gasteiger partial charge is 0.490 e. The highest BCUT2D eigenvalue weighted by atomic mass is 127. The standard InChI is InChI=1S/C22H20N4O3S.HI/c23-22(25-14-6-8-17-19(12-14)28-11-3-10-27-17)24-13-15-7-9-18(29-15)21-26-16-4-1-2-5-20(16)30-21;/h1-2,4-9,12H,3,10-11,13H2,(H3,23,24,25);1H. The molecule has 31 heavy (non-hydrogen) atoms. The molecule has 0 radical (unpaired) electrons. The summed E-state index contributed by atoms with van der Waals surface area (Å²) in [4.78, 5) is 8.99. The minimum absolute atomic E-state index is 0. The van der Waals surface area contributed by atoms with Crippen molar-refractivity contribution in [1.82, 2.24) is 4.98 Å². The van der Waals surface area contributed by atoms with E-state index < -0.39 is 0 Å². The average Bonchev–Trinajstić information content (AvgIpc) is 3.33. The minimum atomic E-state index is 0. The topological polar surface area (TPSA) is 94.9 Å².